The van der Waals surface area contributed by atoms with Crippen LogP contribution < -0.4 is 10.6 Å². The maximum atomic E-state index is 13.8. The van der Waals surface area contributed by atoms with Gasteiger partial charge in [0.05, 0.1) is 6.42 Å². The summed E-state index contributed by atoms with van der Waals surface area (Å²) >= 11 is 11.7. The topological polar surface area (TPSA) is 91.7 Å². The van der Waals surface area contributed by atoms with Crippen molar-refractivity contribution in [2.45, 2.75) is 12.1 Å². The molecule has 1 unspecified atom stereocenters. The Balaban J connectivity index is 2.70. The van der Waals surface area contributed by atoms with E-state index in [9.17, 15) is 19.3 Å². The van der Waals surface area contributed by atoms with E-state index in [4.69, 9.17) is 28.3 Å². The van der Waals surface area contributed by atoms with Crippen molar-refractivity contribution in [1.29, 1.82) is 0 Å². The molecule has 2 aromatic carbocycles. The second-order valence-corrected chi connectivity index (χ2v) is 8.91. The number of carboxylic acid groups (broad SMARTS) is 2. The molecule has 0 aliphatic carbocycles. The first-order valence-electron chi connectivity index (χ1n) is 6.81. The van der Waals surface area contributed by atoms with Crippen LogP contribution in [0.15, 0.2) is 48.5 Å². The molecule has 0 aromatic heterocycles. The van der Waals surface area contributed by atoms with Gasteiger partial charge in [-0.3, -0.25) is 9.59 Å². The third-order valence-corrected chi connectivity index (χ3v) is 7.43. The van der Waals surface area contributed by atoms with Gasteiger partial charge in [0, 0.05) is 20.7 Å². The number of aliphatic carboxylic acids is 2. The van der Waals surface area contributed by atoms with E-state index in [1.807, 2.05) is 0 Å². The van der Waals surface area contributed by atoms with Gasteiger partial charge in [0.1, 0.15) is 5.66 Å². The summed E-state index contributed by atoms with van der Waals surface area (Å²) in [5, 5.41) is 19.8. The highest BCUT2D eigenvalue weighted by atomic mass is 35.5. The number of rotatable bonds is 6. The van der Waals surface area contributed by atoms with Crippen LogP contribution in [-0.4, -0.2) is 27.8 Å². The SMILES string of the molecule is O=C(O)CC(C(=O)O)P(=O)(c1ccc(Cl)cc1)c1ccc(Cl)cc1. The Morgan fingerprint density at radius 2 is 1.25 bits per heavy atom. The van der Waals surface area contributed by atoms with Crippen LogP contribution in [0.4, 0.5) is 0 Å². The summed E-state index contributed by atoms with van der Waals surface area (Å²) in [7, 11) is -3.78. The first-order chi connectivity index (χ1) is 11.2. The molecule has 0 bridgehead atoms. The largest absolute Gasteiger partial charge is 0.481 e. The van der Waals surface area contributed by atoms with Crippen LogP contribution in [0, 0.1) is 0 Å². The van der Waals surface area contributed by atoms with Gasteiger partial charge >= 0.3 is 11.9 Å². The zero-order chi connectivity index (χ0) is 17.9. The average molecular weight is 387 g/mol. The molecule has 24 heavy (non-hydrogen) atoms. The van der Waals surface area contributed by atoms with Gasteiger partial charge in [-0.25, -0.2) is 0 Å². The molecule has 1 atom stereocenters. The summed E-state index contributed by atoms with van der Waals surface area (Å²) in [6.45, 7) is 0. The standard InChI is InChI=1S/C16H13Cl2O5P/c17-10-1-5-12(6-2-10)24(23,13-7-3-11(18)4-8-13)14(16(21)22)9-15(19)20/h1-8,14H,9H2,(H,19,20)(H,21,22). The molecule has 126 valence electrons. The van der Waals surface area contributed by atoms with Crippen LogP contribution in [-0.2, 0) is 14.2 Å². The molecular formula is C16H13Cl2O5P. The lowest BCUT2D eigenvalue weighted by molar-refractivity contribution is -0.143. The Bertz CT molecular complexity index is 753. The predicted octanol–water partition coefficient (Wildman–Crippen LogP) is 3.24. The molecular weight excluding hydrogens is 374 g/mol. The molecule has 0 spiro atoms. The van der Waals surface area contributed by atoms with Crippen LogP contribution >= 0.6 is 30.3 Å². The van der Waals surface area contributed by atoms with E-state index in [1.54, 1.807) is 0 Å². The Labute approximate surface area is 148 Å². The smallest absolute Gasteiger partial charge is 0.315 e. The number of halogens is 2. The fourth-order valence-corrected chi connectivity index (χ4v) is 5.55. The van der Waals surface area contributed by atoms with E-state index >= 15 is 0 Å². The lowest BCUT2D eigenvalue weighted by Gasteiger charge is -2.25. The van der Waals surface area contributed by atoms with Gasteiger partial charge in [0.15, 0.2) is 7.14 Å². The van der Waals surface area contributed by atoms with E-state index in [0.717, 1.165) is 0 Å². The van der Waals surface area contributed by atoms with E-state index in [0.29, 0.717) is 10.0 Å². The van der Waals surface area contributed by atoms with Crippen LogP contribution in [0.2, 0.25) is 10.0 Å². The molecule has 0 heterocycles. The minimum Gasteiger partial charge on any atom is -0.481 e. The minimum atomic E-state index is -3.78. The summed E-state index contributed by atoms with van der Waals surface area (Å²) in [5.41, 5.74) is -1.60. The molecule has 0 aliphatic heterocycles. The fraction of sp³-hybridized carbons (Fsp3) is 0.125. The van der Waals surface area contributed by atoms with Gasteiger partial charge in [-0.05, 0) is 48.5 Å². The normalized spacial score (nSPS) is 12.6. The van der Waals surface area contributed by atoms with Gasteiger partial charge in [0.2, 0.25) is 0 Å². The molecule has 0 saturated heterocycles. The molecule has 5 nitrogen and oxygen atoms in total. The van der Waals surface area contributed by atoms with E-state index in [1.165, 1.54) is 48.5 Å². The quantitative estimate of drug-likeness (QED) is 0.743. The van der Waals surface area contributed by atoms with Gasteiger partial charge in [-0.15, -0.1) is 0 Å². The molecule has 2 rings (SSSR count). The van der Waals surface area contributed by atoms with Crippen LogP contribution in [0.1, 0.15) is 6.42 Å². The van der Waals surface area contributed by atoms with Crippen molar-refractivity contribution in [3.63, 3.8) is 0 Å². The lowest BCUT2D eigenvalue weighted by atomic mass is 10.3. The van der Waals surface area contributed by atoms with E-state index in [2.05, 4.69) is 0 Å². The van der Waals surface area contributed by atoms with Crippen LogP contribution in [0.3, 0.4) is 0 Å². The second kappa shape index (κ2) is 7.39. The number of hydrogen-bond acceptors (Lipinski definition) is 3. The fourth-order valence-electron chi connectivity index (χ4n) is 2.37. The summed E-state index contributed by atoms with van der Waals surface area (Å²) < 4.78 is 13.8. The van der Waals surface area contributed by atoms with Crippen molar-refractivity contribution in [1.82, 2.24) is 0 Å². The summed E-state index contributed by atoms with van der Waals surface area (Å²) in [6, 6.07) is 11.8. The summed E-state index contributed by atoms with van der Waals surface area (Å²) in [6.07, 6.45) is -0.766. The monoisotopic (exact) mass is 386 g/mol. The second-order valence-electron chi connectivity index (χ2n) is 5.06. The molecule has 0 saturated carbocycles. The van der Waals surface area contributed by atoms with Gasteiger partial charge < -0.3 is 14.8 Å². The maximum absolute atomic E-state index is 13.8. The Kier molecular flexibility index (Phi) is 5.70. The van der Waals surface area contributed by atoms with Crippen molar-refractivity contribution in [3.05, 3.63) is 58.6 Å². The molecule has 8 heteroatoms. The molecule has 0 radical (unpaired) electrons. The summed E-state index contributed by atoms with van der Waals surface area (Å²) in [5.74, 6) is -2.78. The highest BCUT2D eigenvalue weighted by Gasteiger charge is 2.42. The number of hydrogen-bond donors (Lipinski definition) is 2. The number of benzene rings is 2. The molecule has 2 aromatic rings. The number of carboxylic acids is 2. The minimum absolute atomic E-state index is 0.225. The molecule has 2 N–H and O–H groups in total. The molecule has 0 amide bonds. The highest BCUT2D eigenvalue weighted by Crippen LogP contribution is 2.50. The van der Waals surface area contributed by atoms with E-state index < -0.39 is 31.2 Å². The molecule has 0 aliphatic rings. The summed E-state index contributed by atoms with van der Waals surface area (Å²) in [4.78, 5) is 22.8. The van der Waals surface area contributed by atoms with Crippen molar-refractivity contribution in [2.75, 3.05) is 0 Å². The van der Waals surface area contributed by atoms with Crippen LogP contribution in [0.25, 0.3) is 0 Å². The highest BCUT2D eigenvalue weighted by molar-refractivity contribution is 7.80. The zero-order valence-corrected chi connectivity index (χ0v) is 14.6. The van der Waals surface area contributed by atoms with Crippen molar-refractivity contribution >= 4 is 52.9 Å². The molecule has 0 fully saturated rings. The third kappa shape index (κ3) is 3.81. The van der Waals surface area contributed by atoms with Gasteiger partial charge in [0.25, 0.3) is 0 Å². The number of carbonyl (C=O) groups is 2. The van der Waals surface area contributed by atoms with Crippen molar-refractivity contribution in [2.24, 2.45) is 0 Å². The van der Waals surface area contributed by atoms with Crippen LogP contribution in [0.5, 0.6) is 0 Å². The lowest BCUT2D eigenvalue weighted by Crippen LogP contribution is -2.33. The Morgan fingerprint density at radius 1 is 0.875 bits per heavy atom. The first kappa shape index (κ1) is 18.5. The zero-order valence-electron chi connectivity index (χ0n) is 12.2. The third-order valence-electron chi connectivity index (χ3n) is 3.51. The predicted molar refractivity (Wildman–Crippen MR) is 93.5 cm³/mol. The maximum Gasteiger partial charge on any atom is 0.315 e. The first-order valence-corrected chi connectivity index (χ1v) is 9.35. The average Bonchev–Trinajstić information content (AvgIpc) is 2.53. The van der Waals surface area contributed by atoms with E-state index in [-0.39, 0.29) is 10.6 Å². The Morgan fingerprint density at radius 3 is 1.54 bits per heavy atom. The van der Waals surface area contributed by atoms with Crippen molar-refractivity contribution in [3.8, 4) is 0 Å². The van der Waals surface area contributed by atoms with Gasteiger partial charge in [-0.1, -0.05) is 23.2 Å². The van der Waals surface area contributed by atoms with Gasteiger partial charge in [-0.2, -0.15) is 0 Å². The Hall–Kier alpha value is -1.81. The van der Waals surface area contributed by atoms with Crippen molar-refractivity contribution < 1.29 is 24.4 Å².